The number of hydrogen-bond donors (Lipinski definition) is 2. The molecule has 3 heterocycles. The van der Waals surface area contributed by atoms with Crippen LogP contribution in [-0.4, -0.2) is 30.2 Å². The van der Waals surface area contributed by atoms with E-state index in [0.29, 0.717) is 22.7 Å². The molecule has 0 saturated carbocycles. The number of amides is 1. The Morgan fingerprint density at radius 2 is 1.81 bits per heavy atom. The number of aryl methyl sites for hydroxylation is 1. The van der Waals surface area contributed by atoms with Crippen LogP contribution in [0.5, 0.6) is 0 Å². The molecule has 5 rings (SSSR count). The number of rotatable bonds is 5. The summed E-state index contributed by atoms with van der Waals surface area (Å²) in [6.45, 7) is 1.62. The minimum Gasteiger partial charge on any atom is -0.389 e. The summed E-state index contributed by atoms with van der Waals surface area (Å²) in [4.78, 5) is 18.0. The molecule has 0 saturated heterocycles. The van der Waals surface area contributed by atoms with Gasteiger partial charge < -0.3 is 10.4 Å². The van der Waals surface area contributed by atoms with Crippen LogP contribution in [0.3, 0.4) is 0 Å². The van der Waals surface area contributed by atoms with Crippen LogP contribution in [0, 0.1) is 0 Å². The molecule has 188 valence electrons. The van der Waals surface area contributed by atoms with E-state index in [2.05, 4.69) is 15.4 Å². The van der Waals surface area contributed by atoms with E-state index in [1.807, 2.05) is 30.3 Å². The topological polar surface area (TPSA) is 84.5 Å². The molecular formula is C27H22F3N5O2. The van der Waals surface area contributed by atoms with Gasteiger partial charge in [0.05, 0.1) is 17.4 Å². The highest BCUT2D eigenvalue weighted by Crippen LogP contribution is 2.37. The van der Waals surface area contributed by atoms with Crippen molar-refractivity contribution in [1.82, 2.24) is 19.2 Å². The summed E-state index contributed by atoms with van der Waals surface area (Å²) in [7, 11) is 1.60. The number of alkyl halides is 3. The van der Waals surface area contributed by atoms with Gasteiger partial charge in [0.1, 0.15) is 17.2 Å². The highest BCUT2D eigenvalue weighted by Gasteiger charge is 2.34. The van der Waals surface area contributed by atoms with Crippen molar-refractivity contribution in [3.8, 4) is 22.5 Å². The maximum absolute atomic E-state index is 13.7. The Balaban J connectivity index is 1.61. The molecule has 37 heavy (non-hydrogen) atoms. The number of pyridine rings is 1. The smallest absolute Gasteiger partial charge is 0.389 e. The Morgan fingerprint density at radius 3 is 2.46 bits per heavy atom. The van der Waals surface area contributed by atoms with Crippen LogP contribution < -0.4 is 5.32 Å². The summed E-state index contributed by atoms with van der Waals surface area (Å²) in [6, 6.07) is 17.3. The molecule has 1 atom stereocenters. The molecule has 0 aliphatic rings. The van der Waals surface area contributed by atoms with Crippen molar-refractivity contribution >= 4 is 17.4 Å². The average molecular weight is 506 g/mol. The van der Waals surface area contributed by atoms with Crippen molar-refractivity contribution in [2.75, 3.05) is 5.32 Å². The van der Waals surface area contributed by atoms with Gasteiger partial charge in [0.2, 0.25) is 0 Å². The molecule has 10 heteroatoms. The summed E-state index contributed by atoms with van der Waals surface area (Å²) in [6.07, 6.45) is -2.18. The van der Waals surface area contributed by atoms with E-state index in [1.165, 1.54) is 23.0 Å². The lowest BCUT2D eigenvalue weighted by Gasteiger charge is -2.14. The van der Waals surface area contributed by atoms with Crippen molar-refractivity contribution in [2.45, 2.75) is 19.2 Å². The van der Waals surface area contributed by atoms with Gasteiger partial charge in [0, 0.05) is 36.1 Å². The van der Waals surface area contributed by atoms with E-state index in [9.17, 15) is 23.1 Å². The second-order valence-electron chi connectivity index (χ2n) is 8.63. The van der Waals surface area contributed by atoms with Gasteiger partial charge in [-0.25, -0.2) is 4.98 Å². The summed E-state index contributed by atoms with van der Waals surface area (Å²) in [5, 5.41) is 17.0. The Morgan fingerprint density at radius 1 is 1.05 bits per heavy atom. The number of aliphatic hydroxyl groups is 1. The number of anilines is 1. The summed E-state index contributed by atoms with van der Waals surface area (Å²) >= 11 is 0. The number of halogens is 3. The average Bonchev–Trinajstić information content (AvgIpc) is 3.47. The minimum atomic E-state index is -4.62. The van der Waals surface area contributed by atoms with Gasteiger partial charge in [-0.3, -0.25) is 13.9 Å². The summed E-state index contributed by atoms with van der Waals surface area (Å²) in [5.74, 6) is -0.291. The normalized spacial score (nSPS) is 12.6. The van der Waals surface area contributed by atoms with E-state index in [1.54, 1.807) is 36.7 Å². The zero-order chi connectivity index (χ0) is 26.3. The first-order valence-electron chi connectivity index (χ1n) is 11.4. The maximum Gasteiger partial charge on any atom is 0.417 e. The fourth-order valence-corrected chi connectivity index (χ4v) is 4.11. The zero-order valence-electron chi connectivity index (χ0n) is 19.9. The van der Waals surface area contributed by atoms with E-state index < -0.39 is 23.8 Å². The molecule has 3 aromatic heterocycles. The molecular weight excluding hydrogens is 483 g/mol. The first-order chi connectivity index (χ1) is 17.6. The Kier molecular flexibility index (Phi) is 6.04. The number of nitrogens with zero attached hydrogens (tertiary/aromatic N) is 4. The summed E-state index contributed by atoms with van der Waals surface area (Å²) < 4.78 is 44.2. The van der Waals surface area contributed by atoms with E-state index in [-0.39, 0.29) is 16.8 Å². The van der Waals surface area contributed by atoms with Crippen LogP contribution in [0.4, 0.5) is 19.0 Å². The minimum absolute atomic E-state index is 0.0225. The summed E-state index contributed by atoms with van der Waals surface area (Å²) in [5.41, 5.74) is 1.39. The number of hydrogen-bond acceptors (Lipinski definition) is 4. The molecule has 5 aromatic rings. The van der Waals surface area contributed by atoms with Gasteiger partial charge in [-0.2, -0.15) is 18.3 Å². The predicted octanol–water partition coefficient (Wildman–Crippen LogP) is 5.73. The number of aromatic nitrogens is 4. The lowest BCUT2D eigenvalue weighted by atomic mass is 10.0. The van der Waals surface area contributed by atoms with Gasteiger partial charge in [0.25, 0.3) is 5.91 Å². The maximum atomic E-state index is 13.7. The first-order valence-corrected chi connectivity index (χ1v) is 11.4. The van der Waals surface area contributed by atoms with Crippen LogP contribution in [-0.2, 0) is 13.2 Å². The molecule has 0 radical (unpaired) electrons. The molecule has 0 aliphatic carbocycles. The molecule has 7 nitrogen and oxygen atoms in total. The van der Waals surface area contributed by atoms with E-state index in [4.69, 9.17) is 0 Å². The predicted molar refractivity (Wildman–Crippen MR) is 133 cm³/mol. The number of fused-ring (bicyclic) bond motifs is 1. The standard InChI is InChI=1S/C27H22F3N5O2/c1-16(36)19-9-11-23-31-24(17-6-4-3-5-7-17)25(35(23)15-19)32-26(37)18-8-10-21(27(28,29)30)20(14-18)22-12-13-34(2)33-22/h3-16,36H,1-2H3,(H,32,37)/t16-/m0/s1. The van der Waals surface area contributed by atoms with E-state index in [0.717, 1.165) is 17.7 Å². The van der Waals surface area contributed by atoms with Gasteiger partial charge in [0.15, 0.2) is 0 Å². The Hall–Kier alpha value is -4.44. The quantitative estimate of drug-likeness (QED) is 0.320. The second-order valence-corrected chi connectivity index (χ2v) is 8.63. The zero-order valence-corrected chi connectivity index (χ0v) is 19.9. The third-order valence-corrected chi connectivity index (χ3v) is 5.98. The Labute approximate surface area is 209 Å². The second kappa shape index (κ2) is 9.21. The molecule has 1 amide bonds. The molecule has 0 bridgehead atoms. The van der Waals surface area contributed by atoms with Crippen LogP contribution in [0.25, 0.3) is 28.2 Å². The van der Waals surface area contributed by atoms with Gasteiger partial charge in [-0.15, -0.1) is 0 Å². The Bertz CT molecular complexity index is 1600. The van der Waals surface area contributed by atoms with Crippen molar-refractivity contribution in [3.05, 3.63) is 95.8 Å². The molecule has 0 fully saturated rings. The molecule has 0 unspecified atom stereocenters. The van der Waals surface area contributed by atoms with Crippen molar-refractivity contribution in [1.29, 1.82) is 0 Å². The number of imidazole rings is 1. The molecule has 0 spiro atoms. The van der Waals surface area contributed by atoms with Crippen LogP contribution in [0.1, 0.15) is 34.5 Å². The number of nitrogens with one attached hydrogen (secondary N) is 1. The fraction of sp³-hybridized carbons (Fsp3) is 0.148. The molecule has 2 aromatic carbocycles. The van der Waals surface area contributed by atoms with Gasteiger partial charge in [-0.05, 0) is 42.8 Å². The highest BCUT2D eigenvalue weighted by molar-refractivity contribution is 6.06. The van der Waals surface area contributed by atoms with Crippen LogP contribution >= 0.6 is 0 Å². The monoisotopic (exact) mass is 505 g/mol. The third kappa shape index (κ3) is 4.70. The van der Waals surface area contributed by atoms with Crippen molar-refractivity contribution in [3.63, 3.8) is 0 Å². The largest absolute Gasteiger partial charge is 0.417 e. The molecule has 2 N–H and O–H groups in total. The van der Waals surface area contributed by atoms with Crippen molar-refractivity contribution < 1.29 is 23.1 Å². The third-order valence-electron chi connectivity index (χ3n) is 5.98. The van der Waals surface area contributed by atoms with E-state index >= 15 is 0 Å². The van der Waals surface area contributed by atoms with Gasteiger partial charge >= 0.3 is 6.18 Å². The number of aliphatic hydroxyl groups excluding tert-OH is 1. The number of benzene rings is 2. The van der Waals surface area contributed by atoms with Crippen LogP contribution in [0.2, 0.25) is 0 Å². The number of carbonyl (C=O) groups excluding carboxylic acids is 1. The van der Waals surface area contributed by atoms with Crippen molar-refractivity contribution in [2.24, 2.45) is 7.05 Å². The fourth-order valence-electron chi connectivity index (χ4n) is 4.11. The number of carbonyl (C=O) groups is 1. The van der Waals surface area contributed by atoms with Gasteiger partial charge in [-0.1, -0.05) is 36.4 Å². The lowest BCUT2D eigenvalue weighted by Crippen LogP contribution is -2.16. The lowest BCUT2D eigenvalue weighted by molar-refractivity contribution is -0.137. The molecule has 0 aliphatic heterocycles. The highest BCUT2D eigenvalue weighted by atomic mass is 19.4. The SMILES string of the molecule is C[C@H](O)c1ccc2nc(-c3ccccc3)c(NC(=O)c3ccc(C(F)(F)F)c(-c4ccn(C)n4)c3)n2c1. The first kappa shape index (κ1) is 24.3. The van der Waals surface area contributed by atoms with Crippen LogP contribution in [0.15, 0.2) is 79.1 Å².